The largest absolute Gasteiger partial charge is 0.375 e. The van der Waals surface area contributed by atoms with Crippen molar-refractivity contribution in [2.75, 3.05) is 11.5 Å². The molecule has 2 rings (SSSR count). The lowest BCUT2D eigenvalue weighted by molar-refractivity contribution is 0.952. The predicted molar refractivity (Wildman–Crippen MR) is 50.1 cm³/mol. The van der Waals surface area contributed by atoms with Crippen molar-refractivity contribution in [1.29, 1.82) is 0 Å². The molecule has 2 heterocycles. The molecule has 0 radical (unpaired) electrons. The summed E-state index contributed by atoms with van der Waals surface area (Å²) in [5, 5.41) is 8.85. The van der Waals surface area contributed by atoms with Gasteiger partial charge in [0.1, 0.15) is 5.82 Å². The van der Waals surface area contributed by atoms with Crippen molar-refractivity contribution in [1.82, 2.24) is 20.2 Å². The van der Waals surface area contributed by atoms with Gasteiger partial charge in [-0.2, -0.15) is 4.98 Å². The Balaban J connectivity index is 2.14. The van der Waals surface area contributed by atoms with Gasteiger partial charge in [0, 0.05) is 5.38 Å². The molecule has 0 spiro atoms. The van der Waals surface area contributed by atoms with Gasteiger partial charge in [0.2, 0.25) is 5.95 Å². The first-order valence-corrected chi connectivity index (χ1v) is 4.48. The summed E-state index contributed by atoms with van der Waals surface area (Å²) >= 11 is 1.40. The number of rotatable bonds is 2. The molecule has 6 nitrogen and oxygen atoms in total. The molecule has 0 aliphatic heterocycles. The third-order valence-corrected chi connectivity index (χ3v) is 2.19. The van der Waals surface area contributed by atoms with E-state index in [-0.39, 0.29) is 5.95 Å². The lowest BCUT2D eigenvalue weighted by Gasteiger charge is -1.88. The Morgan fingerprint density at radius 2 is 2.23 bits per heavy atom. The van der Waals surface area contributed by atoms with E-state index in [9.17, 15) is 0 Å². The Labute approximate surface area is 78.0 Å². The van der Waals surface area contributed by atoms with Crippen LogP contribution in [0.1, 0.15) is 11.5 Å². The van der Waals surface area contributed by atoms with E-state index >= 15 is 0 Å². The molecule has 0 saturated carbocycles. The van der Waals surface area contributed by atoms with Crippen LogP contribution in [-0.4, -0.2) is 20.2 Å². The maximum atomic E-state index is 5.47. The summed E-state index contributed by atoms with van der Waals surface area (Å²) in [7, 11) is 0. The molecule has 0 unspecified atom stereocenters. The zero-order valence-electron chi connectivity index (χ0n) is 6.69. The van der Waals surface area contributed by atoms with Crippen LogP contribution in [0.5, 0.6) is 0 Å². The van der Waals surface area contributed by atoms with Gasteiger partial charge in [0.15, 0.2) is 5.13 Å². The summed E-state index contributed by atoms with van der Waals surface area (Å²) in [6.45, 7) is 0. The Hall–Kier alpha value is -1.63. The molecule has 0 atom stereocenters. The Bertz CT molecular complexity index is 366. The van der Waals surface area contributed by atoms with E-state index in [1.54, 1.807) is 0 Å². The van der Waals surface area contributed by atoms with E-state index in [1.165, 1.54) is 11.3 Å². The van der Waals surface area contributed by atoms with Gasteiger partial charge in [-0.15, -0.1) is 16.4 Å². The van der Waals surface area contributed by atoms with Gasteiger partial charge in [-0.1, -0.05) is 0 Å². The van der Waals surface area contributed by atoms with Gasteiger partial charge in [-0.25, -0.2) is 4.98 Å². The first-order chi connectivity index (χ1) is 6.24. The summed E-state index contributed by atoms with van der Waals surface area (Å²) in [6.07, 6.45) is 0.581. The number of nitrogen functional groups attached to an aromatic ring is 2. The monoisotopic (exact) mass is 196 g/mol. The maximum absolute atomic E-state index is 5.47. The van der Waals surface area contributed by atoms with Crippen molar-refractivity contribution in [3.8, 4) is 0 Å². The van der Waals surface area contributed by atoms with Gasteiger partial charge in [0.05, 0.1) is 12.1 Å². The van der Waals surface area contributed by atoms with E-state index in [0.717, 1.165) is 5.69 Å². The lowest BCUT2D eigenvalue weighted by Crippen LogP contribution is -1.92. The fourth-order valence-corrected chi connectivity index (χ4v) is 1.53. The highest BCUT2D eigenvalue weighted by atomic mass is 32.1. The van der Waals surface area contributed by atoms with Gasteiger partial charge < -0.3 is 11.5 Å². The Morgan fingerprint density at radius 3 is 2.77 bits per heavy atom. The molecule has 2 aromatic rings. The molecular weight excluding hydrogens is 188 g/mol. The van der Waals surface area contributed by atoms with Crippen molar-refractivity contribution in [3.05, 3.63) is 16.9 Å². The third-order valence-electron chi connectivity index (χ3n) is 1.47. The average molecular weight is 196 g/mol. The SMILES string of the molecule is Nc1n[nH]c(Cc2csc(N)n2)n1. The molecule has 13 heavy (non-hydrogen) atoms. The molecule has 0 fully saturated rings. The molecule has 7 heteroatoms. The van der Waals surface area contributed by atoms with Gasteiger partial charge in [-0.05, 0) is 0 Å². The van der Waals surface area contributed by atoms with Gasteiger partial charge in [0.25, 0.3) is 0 Å². The van der Waals surface area contributed by atoms with Gasteiger partial charge >= 0.3 is 0 Å². The topological polar surface area (TPSA) is 106 Å². The molecule has 0 aromatic carbocycles. The second kappa shape index (κ2) is 3.02. The molecular formula is C6H8N6S. The zero-order valence-corrected chi connectivity index (χ0v) is 7.51. The standard InChI is InChI=1S/C6H8N6S/c7-5-10-4(11-12-5)1-3-2-13-6(8)9-3/h2H,1H2,(H2,8,9)(H3,7,10,11,12). The van der Waals surface area contributed by atoms with Crippen molar-refractivity contribution < 1.29 is 0 Å². The van der Waals surface area contributed by atoms with Crippen LogP contribution in [0.2, 0.25) is 0 Å². The summed E-state index contributed by atoms with van der Waals surface area (Å²) in [4.78, 5) is 8.03. The highest BCUT2D eigenvalue weighted by molar-refractivity contribution is 7.13. The smallest absolute Gasteiger partial charge is 0.239 e. The second-order valence-corrected chi connectivity index (χ2v) is 3.38. The second-order valence-electron chi connectivity index (χ2n) is 2.49. The van der Waals surface area contributed by atoms with Crippen molar-refractivity contribution in [2.45, 2.75) is 6.42 Å². The molecule has 0 amide bonds. The van der Waals surface area contributed by atoms with E-state index in [1.807, 2.05) is 5.38 Å². The number of aromatic amines is 1. The number of nitrogens with two attached hydrogens (primary N) is 2. The fourth-order valence-electron chi connectivity index (χ4n) is 0.965. The number of hydrogen-bond acceptors (Lipinski definition) is 6. The highest BCUT2D eigenvalue weighted by Crippen LogP contribution is 2.13. The first kappa shape index (κ1) is 7.99. The number of nitrogens with zero attached hydrogens (tertiary/aromatic N) is 3. The number of anilines is 2. The van der Waals surface area contributed by atoms with Crippen LogP contribution in [0.15, 0.2) is 5.38 Å². The van der Waals surface area contributed by atoms with Crippen LogP contribution in [0.4, 0.5) is 11.1 Å². The molecule has 0 bridgehead atoms. The summed E-state index contributed by atoms with van der Waals surface area (Å²) in [5.74, 6) is 0.945. The minimum absolute atomic E-state index is 0.248. The highest BCUT2D eigenvalue weighted by Gasteiger charge is 2.04. The van der Waals surface area contributed by atoms with Crippen LogP contribution in [0.3, 0.4) is 0 Å². The van der Waals surface area contributed by atoms with Crippen LogP contribution in [0.25, 0.3) is 0 Å². The number of nitrogens with one attached hydrogen (secondary N) is 1. The molecule has 5 N–H and O–H groups in total. The van der Waals surface area contributed by atoms with E-state index in [4.69, 9.17) is 11.5 Å². The molecule has 0 aliphatic rings. The Kier molecular flexibility index (Phi) is 1.85. The van der Waals surface area contributed by atoms with Crippen LogP contribution in [-0.2, 0) is 6.42 Å². The molecule has 0 saturated heterocycles. The summed E-state index contributed by atoms with van der Waals surface area (Å²) in [5.41, 5.74) is 11.7. The number of thiazole rings is 1. The van der Waals surface area contributed by atoms with Gasteiger partial charge in [-0.3, -0.25) is 5.10 Å². The normalized spacial score (nSPS) is 10.5. The number of aromatic nitrogens is 4. The lowest BCUT2D eigenvalue weighted by atomic mass is 10.3. The maximum Gasteiger partial charge on any atom is 0.239 e. The number of hydrogen-bond donors (Lipinski definition) is 3. The Morgan fingerprint density at radius 1 is 1.38 bits per heavy atom. The van der Waals surface area contributed by atoms with Crippen molar-refractivity contribution in [3.63, 3.8) is 0 Å². The minimum Gasteiger partial charge on any atom is -0.375 e. The molecule has 2 aromatic heterocycles. The van der Waals surface area contributed by atoms with Crippen LogP contribution < -0.4 is 11.5 Å². The predicted octanol–water partition coefficient (Wildman–Crippen LogP) is 0.0164. The number of H-pyrrole nitrogens is 1. The van der Waals surface area contributed by atoms with Crippen molar-refractivity contribution >= 4 is 22.4 Å². The third kappa shape index (κ3) is 1.75. The van der Waals surface area contributed by atoms with Crippen LogP contribution in [0, 0.1) is 0 Å². The van der Waals surface area contributed by atoms with E-state index in [2.05, 4.69) is 20.2 Å². The molecule has 0 aliphatic carbocycles. The minimum atomic E-state index is 0.248. The summed E-state index contributed by atoms with van der Waals surface area (Å²) in [6, 6.07) is 0. The van der Waals surface area contributed by atoms with Crippen molar-refractivity contribution in [2.24, 2.45) is 0 Å². The fraction of sp³-hybridized carbons (Fsp3) is 0.167. The molecule has 68 valence electrons. The van der Waals surface area contributed by atoms with Crippen LogP contribution >= 0.6 is 11.3 Å². The average Bonchev–Trinajstić information content (AvgIpc) is 2.62. The first-order valence-electron chi connectivity index (χ1n) is 3.60. The summed E-state index contributed by atoms with van der Waals surface area (Å²) < 4.78 is 0. The van der Waals surface area contributed by atoms with E-state index < -0.39 is 0 Å². The quantitative estimate of drug-likeness (QED) is 0.627. The zero-order chi connectivity index (χ0) is 9.26. The van der Waals surface area contributed by atoms with E-state index in [0.29, 0.717) is 17.4 Å².